The number of rotatable bonds is 2. The summed E-state index contributed by atoms with van der Waals surface area (Å²) in [5.41, 5.74) is 8.11. The molecule has 1 aromatic heterocycles. The summed E-state index contributed by atoms with van der Waals surface area (Å²) in [5, 5.41) is 12.3. The Kier molecular flexibility index (Phi) is 4.80. The number of thiophene rings is 1. The molecule has 200 valence electrons. The second kappa shape index (κ2) is 8.77. The number of fused-ring (bicyclic) bond motifs is 11. The third-order valence-electron chi connectivity index (χ3n) is 9.74. The zero-order valence-electron chi connectivity index (χ0n) is 23.5. The van der Waals surface area contributed by atoms with Crippen molar-refractivity contribution in [1.82, 2.24) is 0 Å². The van der Waals surface area contributed by atoms with Crippen LogP contribution in [0.4, 0.5) is 0 Å². The molecule has 43 heavy (non-hydrogen) atoms. The highest BCUT2D eigenvalue weighted by atomic mass is 32.1. The van der Waals surface area contributed by atoms with Crippen LogP contribution in [0, 0.1) is 0 Å². The van der Waals surface area contributed by atoms with E-state index < -0.39 is 0 Å². The normalized spacial score (nSPS) is 15.0. The fourth-order valence-corrected chi connectivity index (χ4v) is 8.97. The van der Waals surface area contributed by atoms with Crippen LogP contribution in [0.1, 0.15) is 17.9 Å². The van der Waals surface area contributed by atoms with Crippen LogP contribution >= 0.6 is 11.3 Å². The summed E-state index contributed by atoms with van der Waals surface area (Å²) in [6, 6.07) is 47.5. The van der Waals surface area contributed by atoms with Gasteiger partial charge in [0.05, 0.1) is 0 Å². The van der Waals surface area contributed by atoms with Crippen molar-refractivity contribution in [1.29, 1.82) is 0 Å². The minimum atomic E-state index is 0.368. The topological polar surface area (TPSA) is 0 Å². The first-order valence-corrected chi connectivity index (χ1v) is 15.9. The highest BCUT2D eigenvalue weighted by Crippen LogP contribution is 2.54. The van der Waals surface area contributed by atoms with Crippen LogP contribution < -0.4 is 10.4 Å². The third-order valence-corrected chi connectivity index (χ3v) is 10.9. The third kappa shape index (κ3) is 3.32. The van der Waals surface area contributed by atoms with Gasteiger partial charge in [0.2, 0.25) is 0 Å². The quantitative estimate of drug-likeness (QED) is 0.184. The van der Waals surface area contributed by atoms with Crippen LogP contribution in [0.5, 0.6) is 0 Å². The van der Waals surface area contributed by atoms with Gasteiger partial charge in [-0.2, -0.15) is 0 Å². The maximum Gasteiger partial charge on any atom is 0.0440 e. The minimum Gasteiger partial charge on any atom is -0.135 e. The number of hydrogen-bond donors (Lipinski definition) is 0. The molecule has 1 unspecified atom stereocenters. The van der Waals surface area contributed by atoms with Gasteiger partial charge >= 0.3 is 0 Å². The molecular weight excluding hydrogens is 537 g/mol. The Hall–Kier alpha value is -4.98. The van der Waals surface area contributed by atoms with Crippen LogP contribution in [0.15, 0.2) is 127 Å². The molecule has 0 aliphatic heterocycles. The van der Waals surface area contributed by atoms with Crippen molar-refractivity contribution in [2.45, 2.75) is 12.3 Å². The molecule has 7 aromatic carbocycles. The smallest absolute Gasteiger partial charge is 0.0440 e. The van der Waals surface area contributed by atoms with E-state index in [4.69, 9.17) is 0 Å². The van der Waals surface area contributed by atoms with Gasteiger partial charge in [-0.1, -0.05) is 127 Å². The summed E-state index contributed by atoms with van der Waals surface area (Å²) >= 11 is 1.93. The second-order valence-electron chi connectivity index (χ2n) is 12.0. The van der Waals surface area contributed by atoms with Gasteiger partial charge in [-0.3, -0.25) is 0 Å². The van der Waals surface area contributed by atoms with Crippen LogP contribution in [-0.2, 0) is 0 Å². The summed E-state index contributed by atoms with van der Waals surface area (Å²) in [5.74, 6) is 0.368. The Morgan fingerprint density at radius 2 is 1.21 bits per heavy atom. The lowest BCUT2D eigenvalue weighted by atomic mass is 9.86. The van der Waals surface area contributed by atoms with E-state index in [1.807, 2.05) is 11.3 Å². The van der Waals surface area contributed by atoms with E-state index in [9.17, 15) is 0 Å². The van der Waals surface area contributed by atoms with Crippen molar-refractivity contribution in [3.63, 3.8) is 0 Å². The number of benzene rings is 7. The molecule has 8 aromatic rings. The Morgan fingerprint density at radius 1 is 0.535 bits per heavy atom. The molecule has 0 bridgehead atoms. The first-order chi connectivity index (χ1) is 21.3. The molecule has 0 spiro atoms. The summed E-state index contributed by atoms with van der Waals surface area (Å²) in [6.07, 6.45) is 6.00. The van der Waals surface area contributed by atoms with E-state index >= 15 is 0 Å². The molecule has 0 nitrogen and oxygen atoms in total. The molecule has 0 radical (unpaired) electrons. The van der Waals surface area contributed by atoms with Crippen LogP contribution in [0.25, 0.3) is 87.2 Å². The summed E-state index contributed by atoms with van der Waals surface area (Å²) in [6.45, 7) is 0. The molecule has 1 heteroatoms. The predicted octanol–water partition coefficient (Wildman–Crippen LogP) is 10.4. The average molecular weight is 563 g/mol. The molecule has 1 heterocycles. The highest BCUT2D eigenvalue weighted by Gasteiger charge is 2.26. The molecular formula is C42H26S. The van der Waals surface area contributed by atoms with E-state index in [2.05, 4.69) is 140 Å². The number of hydrogen-bond acceptors (Lipinski definition) is 1. The minimum absolute atomic E-state index is 0.368. The van der Waals surface area contributed by atoms with E-state index in [-0.39, 0.29) is 0 Å². The van der Waals surface area contributed by atoms with E-state index in [1.54, 1.807) is 0 Å². The van der Waals surface area contributed by atoms with Crippen molar-refractivity contribution in [3.8, 4) is 32.7 Å². The van der Waals surface area contributed by atoms with Gasteiger partial charge in [-0.15, -0.1) is 11.3 Å². The average Bonchev–Trinajstić information content (AvgIpc) is 3.61. The lowest BCUT2D eigenvalue weighted by Crippen LogP contribution is -2.30. The maximum absolute atomic E-state index is 2.51. The summed E-state index contributed by atoms with van der Waals surface area (Å²) in [7, 11) is 0. The fourth-order valence-electron chi connectivity index (χ4n) is 7.74. The van der Waals surface area contributed by atoms with Crippen molar-refractivity contribution < 1.29 is 0 Å². The molecule has 10 rings (SSSR count). The monoisotopic (exact) mass is 562 g/mol. The highest BCUT2D eigenvalue weighted by molar-refractivity contribution is 7.23. The van der Waals surface area contributed by atoms with Crippen molar-refractivity contribution in [3.05, 3.63) is 143 Å². The lowest BCUT2D eigenvalue weighted by Gasteiger charge is -2.18. The molecule has 0 N–H and O–H groups in total. The maximum atomic E-state index is 2.51. The van der Waals surface area contributed by atoms with E-state index in [0.717, 1.165) is 6.42 Å². The van der Waals surface area contributed by atoms with Gasteiger partial charge in [-0.25, -0.2) is 0 Å². The molecule has 1 atom stereocenters. The molecule has 0 saturated heterocycles. The van der Waals surface area contributed by atoms with Crippen LogP contribution in [-0.4, -0.2) is 0 Å². The Morgan fingerprint density at radius 3 is 1.98 bits per heavy atom. The van der Waals surface area contributed by atoms with E-state index in [1.165, 1.54) is 91.1 Å². The SMILES string of the molecule is C1=c2c(c3ccccc3c3ccccc23)=CC(c2ccc(-c3ccc4sc5c(c4c3)-c3cccc4cccc-5c34)cc2)C1. The predicted molar refractivity (Wildman–Crippen MR) is 186 cm³/mol. The molecule has 0 saturated carbocycles. The molecule has 2 aliphatic rings. The van der Waals surface area contributed by atoms with Gasteiger partial charge in [0.25, 0.3) is 0 Å². The van der Waals surface area contributed by atoms with E-state index in [0.29, 0.717) is 5.92 Å². The second-order valence-corrected chi connectivity index (χ2v) is 13.0. The van der Waals surface area contributed by atoms with Crippen LogP contribution in [0.2, 0.25) is 0 Å². The van der Waals surface area contributed by atoms with Crippen LogP contribution in [0.3, 0.4) is 0 Å². The first kappa shape index (κ1) is 23.6. The zero-order valence-corrected chi connectivity index (χ0v) is 24.3. The largest absolute Gasteiger partial charge is 0.135 e. The summed E-state index contributed by atoms with van der Waals surface area (Å²) < 4.78 is 1.36. The van der Waals surface area contributed by atoms with Gasteiger partial charge in [-0.05, 0) is 83.6 Å². The van der Waals surface area contributed by atoms with Crippen molar-refractivity contribution in [2.75, 3.05) is 0 Å². The fraction of sp³-hybridized carbons (Fsp3) is 0.0476. The lowest BCUT2D eigenvalue weighted by molar-refractivity contribution is 0.924. The van der Waals surface area contributed by atoms with Gasteiger partial charge in [0.15, 0.2) is 0 Å². The standard InChI is InChI=1S/C42H26S/c1-2-11-32-30(9-1)31-10-3-4-12-33(31)37-23-28(19-21-34(32)37)25-15-17-26(18-16-25)29-20-22-39-38(24-29)41-35-13-5-7-27-8-6-14-36(40(27)35)42(41)43-39/h1-18,20-24,28H,19H2. The molecule has 2 aliphatic carbocycles. The van der Waals surface area contributed by atoms with Gasteiger partial charge in [0, 0.05) is 32.0 Å². The van der Waals surface area contributed by atoms with Crippen molar-refractivity contribution in [2.24, 2.45) is 0 Å². The summed E-state index contributed by atoms with van der Waals surface area (Å²) in [4.78, 5) is 1.42. The first-order valence-electron chi connectivity index (χ1n) is 15.1. The Bertz CT molecular complexity index is 2580. The Balaban J connectivity index is 1.06. The van der Waals surface area contributed by atoms with Gasteiger partial charge < -0.3 is 0 Å². The van der Waals surface area contributed by atoms with Crippen molar-refractivity contribution >= 4 is 65.9 Å². The molecule has 0 fully saturated rings. The zero-order chi connectivity index (χ0) is 28.1. The Labute approximate surface area is 253 Å². The van der Waals surface area contributed by atoms with Gasteiger partial charge in [0.1, 0.15) is 0 Å². The molecule has 0 amide bonds.